The summed E-state index contributed by atoms with van der Waals surface area (Å²) in [4.78, 5) is 15.8. The first-order valence-corrected chi connectivity index (χ1v) is 21.5. The molecule has 13 rings (SSSR count). The van der Waals surface area contributed by atoms with Gasteiger partial charge < -0.3 is 0 Å². The molecule has 5 heteroatoms. The van der Waals surface area contributed by atoms with E-state index in [-0.39, 0.29) is 0 Å². The third kappa shape index (κ3) is 5.20. The van der Waals surface area contributed by atoms with Crippen molar-refractivity contribution in [2.75, 3.05) is 0 Å². The number of hydrogen-bond donors (Lipinski definition) is 0. The normalized spacial score (nSPS) is 12.9. The maximum absolute atomic E-state index is 5.36. The molecule has 0 atom stereocenters. The first-order chi connectivity index (χ1) is 31.3. The van der Waals surface area contributed by atoms with Crippen molar-refractivity contribution in [3.05, 3.63) is 247 Å². The lowest BCUT2D eigenvalue weighted by Gasteiger charge is -2.34. The molecular formula is C58H37N5. The largest absolute Gasteiger partial charge is 0.278 e. The number of aromatic nitrogens is 5. The van der Waals surface area contributed by atoms with Gasteiger partial charge in [0, 0.05) is 27.1 Å². The van der Waals surface area contributed by atoms with Crippen molar-refractivity contribution in [3.8, 4) is 45.5 Å². The Morgan fingerprint density at radius 1 is 0.302 bits per heavy atom. The lowest BCUT2D eigenvalue weighted by Crippen LogP contribution is -2.28. The van der Waals surface area contributed by atoms with E-state index in [1.807, 2.05) is 18.2 Å². The van der Waals surface area contributed by atoms with Crippen molar-refractivity contribution < 1.29 is 0 Å². The Bertz CT molecular complexity index is 3640. The SMILES string of the molecule is c1ccc(-c2nc(-n3c4ccccc4c4ccccc43)nc(-n3c4ccccc4c4cc(-c5ccc6c(c5)C(c5ccccc5)(c5ccccc5)c5ccccc5-6)ccc43)n2)cc1. The van der Waals surface area contributed by atoms with Crippen molar-refractivity contribution in [1.29, 1.82) is 0 Å². The molecule has 0 N–H and O–H groups in total. The summed E-state index contributed by atoms with van der Waals surface area (Å²) in [6.45, 7) is 0. The molecule has 1 aliphatic carbocycles. The molecule has 0 radical (unpaired) electrons. The van der Waals surface area contributed by atoms with Gasteiger partial charge in [-0.15, -0.1) is 0 Å². The maximum Gasteiger partial charge on any atom is 0.240 e. The highest BCUT2D eigenvalue weighted by Gasteiger charge is 2.46. The molecule has 294 valence electrons. The van der Waals surface area contributed by atoms with E-state index in [1.54, 1.807) is 0 Å². The highest BCUT2D eigenvalue weighted by Crippen LogP contribution is 2.56. The third-order valence-corrected chi connectivity index (χ3v) is 13.1. The molecule has 9 aromatic carbocycles. The van der Waals surface area contributed by atoms with Crippen LogP contribution in [0.25, 0.3) is 89.2 Å². The molecule has 0 aliphatic heterocycles. The fourth-order valence-corrected chi connectivity index (χ4v) is 10.4. The van der Waals surface area contributed by atoms with Crippen LogP contribution < -0.4 is 0 Å². The summed E-state index contributed by atoms with van der Waals surface area (Å²) in [6.07, 6.45) is 0. The van der Waals surface area contributed by atoms with Crippen LogP contribution in [0.1, 0.15) is 22.3 Å². The van der Waals surface area contributed by atoms with Gasteiger partial charge in [-0.25, -0.2) is 0 Å². The van der Waals surface area contributed by atoms with Crippen LogP contribution in [0.2, 0.25) is 0 Å². The molecule has 1 aliphatic rings. The van der Waals surface area contributed by atoms with E-state index >= 15 is 0 Å². The average molecular weight is 804 g/mol. The van der Waals surface area contributed by atoms with Gasteiger partial charge in [0.05, 0.1) is 27.5 Å². The molecule has 0 unspecified atom stereocenters. The first kappa shape index (κ1) is 35.4. The molecular weight excluding hydrogens is 767 g/mol. The van der Waals surface area contributed by atoms with E-state index in [0.29, 0.717) is 17.7 Å². The first-order valence-electron chi connectivity index (χ1n) is 21.5. The van der Waals surface area contributed by atoms with Gasteiger partial charge in [-0.3, -0.25) is 9.13 Å². The second-order valence-corrected chi connectivity index (χ2v) is 16.4. The number of hydrogen-bond acceptors (Lipinski definition) is 3. The van der Waals surface area contributed by atoms with E-state index in [4.69, 9.17) is 15.0 Å². The lowest BCUT2D eigenvalue weighted by molar-refractivity contribution is 0.769. The topological polar surface area (TPSA) is 48.5 Å². The van der Waals surface area contributed by atoms with E-state index in [2.05, 4.69) is 215 Å². The molecule has 0 spiro atoms. The quantitative estimate of drug-likeness (QED) is 0.168. The Morgan fingerprint density at radius 2 is 0.746 bits per heavy atom. The van der Waals surface area contributed by atoms with E-state index in [0.717, 1.165) is 60.3 Å². The zero-order chi connectivity index (χ0) is 41.5. The Labute approximate surface area is 363 Å². The molecule has 5 nitrogen and oxygen atoms in total. The minimum absolute atomic E-state index is 0.478. The van der Waals surface area contributed by atoms with E-state index < -0.39 is 5.41 Å². The van der Waals surface area contributed by atoms with Crippen LogP contribution in [0.3, 0.4) is 0 Å². The van der Waals surface area contributed by atoms with Crippen LogP contribution >= 0.6 is 0 Å². The van der Waals surface area contributed by atoms with E-state index in [1.165, 1.54) is 33.4 Å². The van der Waals surface area contributed by atoms with Crippen molar-refractivity contribution in [3.63, 3.8) is 0 Å². The van der Waals surface area contributed by atoms with Gasteiger partial charge in [-0.2, -0.15) is 15.0 Å². The monoisotopic (exact) mass is 803 g/mol. The zero-order valence-electron chi connectivity index (χ0n) is 34.1. The van der Waals surface area contributed by atoms with Crippen LogP contribution in [-0.4, -0.2) is 24.1 Å². The summed E-state index contributed by atoms with van der Waals surface area (Å²) < 4.78 is 4.38. The van der Waals surface area contributed by atoms with Crippen LogP contribution in [0.4, 0.5) is 0 Å². The van der Waals surface area contributed by atoms with Crippen LogP contribution in [0, 0.1) is 0 Å². The summed E-state index contributed by atoms with van der Waals surface area (Å²) in [6, 6.07) is 80.5. The number of para-hydroxylation sites is 3. The van der Waals surface area contributed by atoms with Crippen molar-refractivity contribution in [1.82, 2.24) is 24.1 Å². The molecule has 63 heavy (non-hydrogen) atoms. The smallest absolute Gasteiger partial charge is 0.240 e. The van der Waals surface area contributed by atoms with Crippen LogP contribution in [-0.2, 0) is 5.41 Å². The van der Waals surface area contributed by atoms with E-state index in [9.17, 15) is 0 Å². The molecule has 0 saturated heterocycles. The van der Waals surface area contributed by atoms with Crippen molar-refractivity contribution >= 4 is 43.6 Å². The molecule has 3 aromatic heterocycles. The number of rotatable bonds is 6. The van der Waals surface area contributed by atoms with Gasteiger partial charge in [-0.05, 0) is 80.9 Å². The van der Waals surface area contributed by atoms with Crippen LogP contribution in [0.15, 0.2) is 224 Å². The van der Waals surface area contributed by atoms with Crippen molar-refractivity contribution in [2.45, 2.75) is 5.41 Å². The Hall–Kier alpha value is -8.41. The maximum atomic E-state index is 5.36. The second-order valence-electron chi connectivity index (χ2n) is 16.4. The zero-order valence-corrected chi connectivity index (χ0v) is 34.1. The summed E-state index contributed by atoms with van der Waals surface area (Å²) >= 11 is 0. The van der Waals surface area contributed by atoms with Gasteiger partial charge in [0.1, 0.15) is 0 Å². The van der Waals surface area contributed by atoms with Gasteiger partial charge in [0.2, 0.25) is 11.9 Å². The molecule has 12 aromatic rings. The minimum atomic E-state index is -0.478. The predicted molar refractivity (Wildman–Crippen MR) is 257 cm³/mol. The minimum Gasteiger partial charge on any atom is -0.278 e. The molecule has 0 saturated carbocycles. The van der Waals surface area contributed by atoms with Gasteiger partial charge in [0.15, 0.2) is 5.82 Å². The predicted octanol–water partition coefficient (Wildman–Crippen LogP) is 13.8. The number of benzene rings is 9. The summed E-state index contributed by atoms with van der Waals surface area (Å²) in [5, 5.41) is 4.57. The number of nitrogens with zero attached hydrogens (tertiary/aromatic N) is 5. The van der Waals surface area contributed by atoms with Crippen LogP contribution in [0.5, 0.6) is 0 Å². The second kappa shape index (κ2) is 13.8. The highest BCUT2D eigenvalue weighted by atomic mass is 15.3. The fourth-order valence-electron chi connectivity index (χ4n) is 10.4. The number of fused-ring (bicyclic) bond motifs is 9. The Balaban J connectivity index is 1.03. The lowest BCUT2D eigenvalue weighted by atomic mass is 9.67. The van der Waals surface area contributed by atoms with Crippen molar-refractivity contribution in [2.24, 2.45) is 0 Å². The third-order valence-electron chi connectivity index (χ3n) is 13.1. The highest BCUT2D eigenvalue weighted by molar-refractivity contribution is 6.11. The average Bonchev–Trinajstić information content (AvgIpc) is 3.98. The molecule has 3 heterocycles. The molecule has 0 bridgehead atoms. The van der Waals surface area contributed by atoms with Gasteiger partial charge in [-0.1, -0.05) is 188 Å². The fraction of sp³-hybridized carbons (Fsp3) is 0.0172. The summed E-state index contributed by atoms with van der Waals surface area (Å²) in [7, 11) is 0. The Kier molecular flexibility index (Phi) is 7.75. The Morgan fingerprint density at radius 3 is 1.35 bits per heavy atom. The molecule has 0 amide bonds. The summed E-state index contributed by atoms with van der Waals surface area (Å²) in [5.74, 6) is 1.74. The summed E-state index contributed by atoms with van der Waals surface area (Å²) in [5.41, 5.74) is 14.5. The standard InChI is InChI=1S/C58H37N5/c1-4-18-38(19-5-1)55-59-56(62-51-29-15-11-25-45(51)46-26-12-16-30-52(46)62)61-57(60-55)63-53-31-17-13-27-47(53)48-36-39(33-35-54(48)63)40-32-34-44-43-24-10-14-28-49(43)58(50(44)37-40,41-20-6-2-7-21-41)42-22-8-3-9-23-42/h1-37H. The van der Waals surface area contributed by atoms with Gasteiger partial charge >= 0.3 is 0 Å². The van der Waals surface area contributed by atoms with Gasteiger partial charge in [0.25, 0.3) is 0 Å². The molecule has 0 fully saturated rings.